The molecule has 0 bridgehead atoms. The van der Waals surface area contributed by atoms with Gasteiger partial charge in [0.2, 0.25) is 15.9 Å². The molecule has 2 aromatic carbocycles. The topological polar surface area (TPSA) is 79.4 Å². The zero-order valence-electron chi connectivity index (χ0n) is 24.8. The summed E-state index contributed by atoms with van der Waals surface area (Å²) in [5.41, 5.74) is 1.74. The van der Waals surface area contributed by atoms with E-state index in [9.17, 15) is 13.2 Å². The molecule has 11 heteroatoms. The summed E-state index contributed by atoms with van der Waals surface area (Å²) < 4.78 is 39.4. The Morgan fingerprint density at radius 1 is 0.721 bits per heavy atom. The Bertz CT molecular complexity index is 1410. The van der Waals surface area contributed by atoms with E-state index in [0.29, 0.717) is 44.1 Å². The summed E-state index contributed by atoms with van der Waals surface area (Å²) in [4.78, 5) is 19.3. The van der Waals surface area contributed by atoms with Crippen LogP contribution in [-0.2, 0) is 41.0 Å². The first-order valence-corrected chi connectivity index (χ1v) is 17.4. The number of rotatable bonds is 17. The molecule has 0 unspecified atom stereocenters. The van der Waals surface area contributed by atoms with Gasteiger partial charge in [0.15, 0.2) is 0 Å². The smallest absolute Gasteiger partial charge is 0.224 e. The minimum Gasteiger partial charge on any atom is -0.497 e. The molecule has 0 atom stereocenters. The number of carbonyl (C=O) groups is 1. The maximum Gasteiger partial charge on any atom is 0.224 e. The van der Waals surface area contributed by atoms with Gasteiger partial charge in [-0.3, -0.25) is 4.79 Å². The lowest BCUT2D eigenvalue weighted by Gasteiger charge is -2.25. The second kappa shape index (κ2) is 16.0. The van der Waals surface area contributed by atoms with Crippen molar-refractivity contribution in [2.75, 3.05) is 40.1 Å². The van der Waals surface area contributed by atoms with Crippen LogP contribution in [0.4, 0.5) is 0 Å². The zero-order chi connectivity index (χ0) is 30.7. The highest BCUT2D eigenvalue weighted by Crippen LogP contribution is 2.21. The van der Waals surface area contributed by atoms with Gasteiger partial charge in [-0.1, -0.05) is 36.4 Å². The Balaban J connectivity index is 1.37. The number of sulfonamides is 1. The minimum atomic E-state index is -3.63. The van der Waals surface area contributed by atoms with Crippen LogP contribution in [-0.4, -0.2) is 68.5 Å². The average molecular weight is 642 g/mol. The van der Waals surface area contributed by atoms with Crippen molar-refractivity contribution in [3.05, 3.63) is 104 Å². The molecular formula is C32H39N3O5S3. The number of ether oxygens (including phenoxy) is 2. The first kappa shape index (κ1) is 32.7. The third-order valence-electron chi connectivity index (χ3n) is 7.07. The first-order chi connectivity index (χ1) is 20.8. The molecule has 0 aliphatic rings. The highest BCUT2D eigenvalue weighted by molar-refractivity contribution is 7.89. The van der Waals surface area contributed by atoms with Crippen LogP contribution < -0.4 is 9.47 Å². The lowest BCUT2D eigenvalue weighted by Crippen LogP contribution is -2.37. The highest BCUT2D eigenvalue weighted by Gasteiger charge is 2.24. The molecule has 2 heterocycles. The number of methoxy groups -OCH3 is 2. The van der Waals surface area contributed by atoms with E-state index in [2.05, 4.69) is 0 Å². The second-order valence-corrected chi connectivity index (χ2v) is 14.4. The van der Waals surface area contributed by atoms with Gasteiger partial charge < -0.3 is 19.3 Å². The molecular weight excluding hydrogens is 603 g/mol. The number of nitrogens with zero attached hydrogens (tertiary/aromatic N) is 3. The van der Waals surface area contributed by atoms with Crippen molar-refractivity contribution in [2.45, 2.75) is 32.6 Å². The molecule has 1 amide bonds. The molecule has 43 heavy (non-hydrogen) atoms. The summed E-state index contributed by atoms with van der Waals surface area (Å²) in [5.74, 6) is 1.43. The van der Waals surface area contributed by atoms with E-state index < -0.39 is 10.0 Å². The summed E-state index contributed by atoms with van der Waals surface area (Å²) in [5, 5.41) is 4.04. The van der Waals surface area contributed by atoms with E-state index in [0.717, 1.165) is 20.9 Å². The molecule has 2 aromatic heterocycles. The number of hydrogen-bond acceptors (Lipinski definition) is 8. The van der Waals surface area contributed by atoms with E-state index in [4.69, 9.17) is 9.47 Å². The van der Waals surface area contributed by atoms with E-state index in [-0.39, 0.29) is 24.7 Å². The Hall–Kier alpha value is -3.22. The van der Waals surface area contributed by atoms with Gasteiger partial charge in [-0.15, -0.1) is 22.7 Å². The Kier molecular flexibility index (Phi) is 12.2. The fraction of sp³-hybridized carbons (Fsp3) is 0.344. The molecule has 0 spiro atoms. The summed E-state index contributed by atoms with van der Waals surface area (Å²) in [6.45, 7) is 2.39. The number of carbonyl (C=O) groups excluding carboxylic acids is 1. The highest BCUT2D eigenvalue weighted by atomic mass is 32.2. The van der Waals surface area contributed by atoms with E-state index >= 15 is 0 Å². The van der Waals surface area contributed by atoms with Crippen LogP contribution in [0.5, 0.6) is 11.5 Å². The molecule has 0 radical (unpaired) electrons. The Morgan fingerprint density at radius 3 is 1.63 bits per heavy atom. The molecule has 4 aromatic rings. The standard InChI is InChI=1S/C32H39N3O5S3/c1-33(17-16-32(36)34(24-30-6-4-19-41-30)25-31-7-5-20-42-31)18-21-43(37,38)35(22-26-8-12-28(39-2)13-9-26)23-27-10-14-29(40-3)15-11-27/h4-15,19-20H,16-18,21-25H2,1-3H3. The zero-order valence-corrected chi connectivity index (χ0v) is 27.3. The van der Waals surface area contributed by atoms with Gasteiger partial charge in [-0.25, -0.2) is 8.42 Å². The van der Waals surface area contributed by atoms with Gasteiger partial charge in [0.05, 0.1) is 33.1 Å². The van der Waals surface area contributed by atoms with Crippen LogP contribution in [0.3, 0.4) is 0 Å². The fourth-order valence-electron chi connectivity index (χ4n) is 4.49. The Morgan fingerprint density at radius 2 is 1.21 bits per heavy atom. The first-order valence-electron chi connectivity index (χ1n) is 14.0. The molecule has 0 aliphatic heterocycles. The maximum absolute atomic E-state index is 13.7. The van der Waals surface area contributed by atoms with Crippen molar-refractivity contribution in [1.82, 2.24) is 14.1 Å². The molecule has 4 rings (SSSR count). The fourth-order valence-corrected chi connectivity index (χ4v) is 7.42. The normalized spacial score (nSPS) is 11.7. The van der Waals surface area contributed by atoms with Gasteiger partial charge in [-0.2, -0.15) is 4.31 Å². The number of thiophene rings is 2. The van der Waals surface area contributed by atoms with E-state index in [1.54, 1.807) is 36.9 Å². The molecule has 230 valence electrons. The van der Waals surface area contributed by atoms with Crippen LogP contribution in [0, 0.1) is 0 Å². The largest absolute Gasteiger partial charge is 0.497 e. The number of amides is 1. The third-order valence-corrected chi connectivity index (χ3v) is 10.5. The van der Waals surface area contributed by atoms with Gasteiger partial charge >= 0.3 is 0 Å². The van der Waals surface area contributed by atoms with Crippen molar-refractivity contribution >= 4 is 38.6 Å². The van der Waals surface area contributed by atoms with Crippen LogP contribution in [0.25, 0.3) is 0 Å². The third kappa shape index (κ3) is 10.2. The van der Waals surface area contributed by atoms with Crippen LogP contribution in [0.1, 0.15) is 27.3 Å². The van der Waals surface area contributed by atoms with E-state index in [1.165, 1.54) is 4.31 Å². The van der Waals surface area contributed by atoms with Crippen LogP contribution in [0.2, 0.25) is 0 Å². The van der Waals surface area contributed by atoms with Crippen molar-refractivity contribution in [3.8, 4) is 11.5 Å². The maximum atomic E-state index is 13.7. The summed E-state index contributed by atoms with van der Waals surface area (Å²) >= 11 is 3.28. The molecule has 8 nitrogen and oxygen atoms in total. The number of benzene rings is 2. The molecule has 0 saturated carbocycles. The molecule has 0 N–H and O–H groups in total. The average Bonchev–Trinajstić information content (AvgIpc) is 3.74. The summed E-state index contributed by atoms with van der Waals surface area (Å²) in [7, 11) is 1.44. The molecule has 0 saturated heterocycles. The van der Waals surface area contributed by atoms with Gasteiger partial charge in [0, 0.05) is 42.4 Å². The predicted molar refractivity (Wildman–Crippen MR) is 174 cm³/mol. The lowest BCUT2D eigenvalue weighted by atomic mass is 10.2. The monoisotopic (exact) mass is 641 g/mol. The van der Waals surface area contributed by atoms with E-state index in [1.807, 2.05) is 100 Å². The van der Waals surface area contributed by atoms with Crippen LogP contribution in [0.15, 0.2) is 83.6 Å². The van der Waals surface area contributed by atoms with Crippen molar-refractivity contribution in [1.29, 1.82) is 0 Å². The molecule has 0 fully saturated rings. The molecule has 0 aliphatic carbocycles. The Labute approximate surface area is 263 Å². The van der Waals surface area contributed by atoms with Gasteiger partial charge in [-0.05, 0) is 65.3 Å². The number of hydrogen-bond donors (Lipinski definition) is 0. The lowest BCUT2D eigenvalue weighted by molar-refractivity contribution is -0.132. The van der Waals surface area contributed by atoms with Gasteiger partial charge in [0.1, 0.15) is 11.5 Å². The predicted octanol–water partition coefficient (Wildman–Crippen LogP) is 5.71. The van der Waals surface area contributed by atoms with Crippen molar-refractivity contribution in [3.63, 3.8) is 0 Å². The van der Waals surface area contributed by atoms with Gasteiger partial charge in [0.25, 0.3) is 0 Å². The summed E-state index contributed by atoms with van der Waals surface area (Å²) in [6.07, 6.45) is 0.314. The van der Waals surface area contributed by atoms with Crippen molar-refractivity contribution in [2.24, 2.45) is 0 Å². The summed E-state index contributed by atoms with van der Waals surface area (Å²) in [6, 6.07) is 22.9. The van der Waals surface area contributed by atoms with Crippen molar-refractivity contribution < 1.29 is 22.7 Å². The minimum absolute atomic E-state index is 0.0529. The SMILES string of the molecule is COc1ccc(CN(Cc2ccc(OC)cc2)S(=O)(=O)CCN(C)CCC(=O)N(Cc2cccs2)Cc2cccs2)cc1. The quantitative estimate of drug-likeness (QED) is 0.147. The second-order valence-electron chi connectivity index (χ2n) is 10.2. The van der Waals surface area contributed by atoms with Crippen LogP contribution >= 0.6 is 22.7 Å².